The Morgan fingerprint density at radius 1 is 1.24 bits per heavy atom. The average molecular weight is 418 g/mol. The van der Waals surface area contributed by atoms with E-state index in [-0.39, 0.29) is 5.75 Å². The van der Waals surface area contributed by atoms with E-state index in [1.807, 2.05) is 35.7 Å². The highest BCUT2D eigenvalue weighted by molar-refractivity contribution is 9.10. The molecule has 0 amide bonds. The normalized spacial score (nSPS) is 12.0. The fourth-order valence-electron chi connectivity index (χ4n) is 2.32. The van der Waals surface area contributed by atoms with E-state index >= 15 is 0 Å². The van der Waals surface area contributed by atoms with Gasteiger partial charge in [-0.25, -0.2) is 4.68 Å². The first-order valence-corrected chi connectivity index (χ1v) is 9.10. The summed E-state index contributed by atoms with van der Waals surface area (Å²) in [4.78, 5) is 5.06. The van der Waals surface area contributed by atoms with E-state index in [1.54, 1.807) is 30.1 Å². The number of phenolic OH excluding ortho intramolecular Hbond substituents is 1. The van der Waals surface area contributed by atoms with Crippen LogP contribution in [0.1, 0.15) is 5.56 Å². The largest absolute Gasteiger partial charge is 0.504 e. The van der Waals surface area contributed by atoms with Crippen molar-refractivity contribution in [3.63, 3.8) is 0 Å². The van der Waals surface area contributed by atoms with Gasteiger partial charge < -0.3 is 9.84 Å². The highest BCUT2D eigenvalue weighted by Crippen LogP contribution is 2.26. The number of thiazole rings is 1. The maximum absolute atomic E-state index is 9.90. The van der Waals surface area contributed by atoms with Gasteiger partial charge in [-0.05, 0) is 35.9 Å². The van der Waals surface area contributed by atoms with Crippen molar-refractivity contribution in [3.8, 4) is 22.8 Å². The van der Waals surface area contributed by atoms with Gasteiger partial charge in [-0.2, -0.15) is 5.10 Å². The first-order chi connectivity index (χ1) is 12.1. The molecular weight excluding hydrogens is 402 g/mol. The van der Waals surface area contributed by atoms with Crippen molar-refractivity contribution < 1.29 is 9.84 Å². The summed E-state index contributed by atoms with van der Waals surface area (Å²) in [6.07, 6.45) is 1.68. The van der Waals surface area contributed by atoms with Crippen molar-refractivity contribution in [2.75, 3.05) is 14.2 Å². The molecule has 1 N–H and O–H groups in total. The zero-order valence-electron chi connectivity index (χ0n) is 13.7. The van der Waals surface area contributed by atoms with Gasteiger partial charge in [-0.1, -0.05) is 28.1 Å². The molecule has 0 aliphatic heterocycles. The van der Waals surface area contributed by atoms with E-state index < -0.39 is 0 Å². The van der Waals surface area contributed by atoms with Gasteiger partial charge in [0.05, 0.1) is 19.0 Å². The Labute approximate surface area is 157 Å². The second kappa shape index (κ2) is 7.67. The molecule has 0 aliphatic rings. The number of phenols is 1. The van der Waals surface area contributed by atoms with Gasteiger partial charge >= 0.3 is 0 Å². The maximum Gasteiger partial charge on any atom is 0.205 e. The Morgan fingerprint density at radius 2 is 2.08 bits per heavy atom. The van der Waals surface area contributed by atoms with Gasteiger partial charge in [0.2, 0.25) is 4.80 Å². The van der Waals surface area contributed by atoms with E-state index in [9.17, 15) is 5.11 Å². The maximum atomic E-state index is 9.90. The fraction of sp³-hybridized carbons (Fsp3) is 0.111. The van der Waals surface area contributed by atoms with Gasteiger partial charge in [0.1, 0.15) is 0 Å². The van der Waals surface area contributed by atoms with Crippen molar-refractivity contribution in [1.29, 1.82) is 0 Å². The number of rotatable bonds is 4. The molecule has 0 fully saturated rings. The summed E-state index contributed by atoms with van der Waals surface area (Å²) in [5.74, 6) is 0.508. The van der Waals surface area contributed by atoms with Crippen LogP contribution < -0.4 is 9.54 Å². The number of halogens is 1. The first kappa shape index (κ1) is 17.4. The molecule has 0 saturated carbocycles. The molecule has 128 valence electrons. The first-order valence-electron chi connectivity index (χ1n) is 7.43. The van der Waals surface area contributed by atoms with E-state index in [4.69, 9.17) is 4.74 Å². The zero-order chi connectivity index (χ0) is 17.8. The third kappa shape index (κ3) is 3.83. The SMILES string of the molecule is CN=c1scc(-c2cccc(Br)c2)n1N=Cc1ccc(OC)c(O)c1. The Bertz CT molecular complexity index is 992. The van der Waals surface area contributed by atoms with Crippen molar-refractivity contribution in [3.05, 3.63) is 62.7 Å². The molecule has 2 aromatic carbocycles. The minimum Gasteiger partial charge on any atom is -0.504 e. The topological polar surface area (TPSA) is 59.1 Å². The lowest BCUT2D eigenvalue weighted by Crippen LogP contribution is -2.11. The van der Waals surface area contributed by atoms with E-state index in [0.717, 1.165) is 26.1 Å². The van der Waals surface area contributed by atoms with E-state index in [2.05, 4.69) is 26.0 Å². The predicted molar refractivity (Wildman–Crippen MR) is 105 cm³/mol. The Hall–Kier alpha value is -2.38. The molecule has 1 heterocycles. The van der Waals surface area contributed by atoms with E-state index in [1.165, 1.54) is 18.4 Å². The molecular formula is C18H16BrN3O2S. The number of aromatic hydroxyl groups is 1. The second-order valence-corrected chi connectivity index (χ2v) is 6.88. The van der Waals surface area contributed by atoms with Crippen molar-refractivity contribution in [1.82, 2.24) is 4.68 Å². The Kier molecular flexibility index (Phi) is 5.35. The number of hydrogen-bond acceptors (Lipinski definition) is 5. The molecule has 0 radical (unpaired) electrons. The number of methoxy groups -OCH3 is 1. The van der Waals surface area contributed by atoms with Crippen LogP contribution in [0.5, 0.6) is 11.5 Å². The highest BCUT2D eigenvalue weighted by Gasteiger charge is 2.08. The van der Waals surface area contributed by atoms with Gasteiger partial charge in [0, 0.05) is 22.5 Å². The van der Waals surface area contributed by atoms with Crippen LogP contribution in [0, 0.1) is 0 Å². The number of ether oxygens (including phenoxy) is 1. The number of benzene rings is 2. The number of hydrogen-bond donors (Lipinski definition) is 1. The summed E-state index contributed by atoms with van der Waals surface area (Å²) in [7, 11) is 3.26. The predicted octanol–water partition coefficient (Wildman–Crippen LogP) is 4.11. The summed E-state index contributed by atoms with van der Waals surface area (Å²) >= 11 is 5.02. The summed E-state index contributed by atoms with van der Waals surface area (Å²) in [6.45, 7) is 0. The molecule has 3 aromatic rings. The van der Waals surface area contributed by atoms with Crippen LogP contribution in [0.2, 0.25) is 0 Å². The Morgan fingerprint density at radius 3 is 2.76 bits per heavy atom. The lowest BCUT2D eigenvalue weighted by atomic mass is 10.2. The van der Waals surface area contributed by atoms with Crippen LogP contribution in [0.25, 0.3) is 11.3 Å². The Balaban J connectivity index is 2.02. The van der Waals surface area contributed by atoms with Gasteiger partial charge in [0.25, 0.3) is 0 Å². The number of aromatic nitrogens is 1. The molecule has 0 unspecified atom stereocenters. The average Bonchev–Trinajstić information content (AvgIpc) is 3.03. The lowest BCUT2D eigenvalue weighted by molar-refractivity contribution is 0.373. The standard InChI is InChI=1S/C18H16BrN3O2S/c1-20-18-22(15(11-25-18)13-4-3-5-14(19)9-13)21-10-12-6-7-17(24-2)16(23)8-12/h3-11,23H,1-2H3. The van der Waals surface area contributed by atoms with Gasteiger partial charge in [-0.3, -0.25) is 4.99 Å². The van der Waals surface area contributed by atoms with Crippen molar-refractivity contribution in [2.45, 2.75) is 0 Å². The quantitative estimate of drug-likeness (QED) is 0.649. The van der Waals surface area contributed by atoms with Gasteiger partial charge in [0.15, 0.2) is 11.5 Å². The van der Waals surface area contributed by atoms with Crippen LogP contribution >= 0.6 is 27.3 Å². The molecule has 5 nitrogen and oxygen atoms in total. The molecule has 0 atom stereocenters. The van der Waals surface area contributed by atoms with Crippen LogP contribution in [-0.2, 0) is 0 Å². The third-order valence-corrected chi connectivity index (χ3v) is 4.92. The van der Waals surface area contributed by atoms with Crippen LogP contribution in [0.3, 0.4) is 0 Å². The van der Waals surface area contributed by atoms with Crippen LogP contribution in [0.15, 0.2) is 62.4 Å². The molecule has 0 aliphatic carbocycles. The molecule has 1 aromatic heterocycles. The van der Waals surface area contributed by atoms with Gasteiger partial charge in [-0.15, -0.1) is 11.3 Å². The van der Waals surface area contributed by atoms with Crippen molar-refractivity contribution >= 4 is 33.5 Å². The summed E-state index contributed by atoms with van der Waals surface area (Å²) in [5, 5.41) is 16.5. The van der Waals surface area contributed by atoms with Crippen molar-refractivity contribution in [2.24, 2.45) is 10.1 Å². The monoisotopic (exact) mass is 417 g/mol. The molecule has 0 saturated heterocycles. The summed E-state index contributed by atoms with van der Waals surface area (Å²) < 4.78 is 7.84. The third-order valence-electron chi connectivity index (χ3n) is 3.52. The zero-order valence-corrected chi connectivity index (χ0v) is 16.1. The number of nitrogens with zero attached hydrogens (tertiary/aromatic N) is 3. The molecule has 25 heavy (non-hydrogen) atoms. The minimum atomic E-state index is 0.0781. The highest BCUT2D eigenvalue weighted by atomic mass is 79.9. The minimum absolute atomic E-state index is 0.0781. The lowest BCUT2D eigenvalue weighted by Gasteiger charge is -2.05. The van der Waals surface area contributed by atoms with Crippen LogP contribution in [-0.4, -0.2) is 30.2 Å². The molecule has 0 bridgehead atoms. The summed E-state index contributed by atoms with van der Waals surface area (Å²) in [5.41, 5.74) is 2.75. The molecule has 3 rings (SSSR count). The summed E-state index contributed by atoms with van der Waals surface area (Å²) in [6, 6.07) is 13.2. The molecule has 7 heteroatoms. The smallest absolute Gasteiger partial charge is 0.205 e. The fourth-order valence-corrected chi connectivity index (χ4v) is 3.52. The molecule has 0 spiro atoms. The van der Waals surface area contributed by atoms with E-state index in [0.29, 0.717) is 5.75 Å². The van der Waals surface area contributed by atoms with Crippen LogP contribution in [0.4, 0.5) is 0 Å². The second-order valence-electron chi connectivity index (χ2n) is 5.13.